The van der Waals surface area contributed by atoms with Crippen LogP contribution in [-0.4, -0.2) is 16.1 Å². The van der Waals surface area contributed by atoms with Crippen molar-refractivity contribution >= 4 is 22.6 Å². The van der Waals surface area contributed by atoms with Gasteiger partial charge < -0.3 is 4.74 Å². The number of alkyl halides is 1. The molecule has 1 nitrogen and oxygen atoms in total. The summed E-state index contributed by atoms with van der Waals surface area (Å²) in [7, 11) is 0. The predicted octanol–water partition coefficient (Wildman–Crippen LogP) is 6.77. The lowest BCUT2D eigenvalue weighted by atomic mass is 9.44. The number of ether oxygens (including phenoxy) is 1. The Morgan fingerprint density at radius 1 is 0.840 bits per heavy atom. The number of hydrogen-bond acceptors (Lipinski definition) is 1. The molecule has 0 radical (unpaired) electrons. The molecule has 8 atom stereocenters. The summed E-state index contributed by atoms with van der Waals surface area (Å²) in [6.45, 7) is 5.37. The molecule has 0 unspecified atom stereocenters. The van der Waals surface area contributed by atoms with Crippen LogP contribution < -0.4 is 0 Å². The molecule has 1 aliphatic heterocycles. The maximum Gasteiger partial charge on any atom is 0.0743 e. The minimum atomic E-state index is 0.253. The molecular formula is C23H37IO. The van der Waals surface area contributed by atoms with Gasteiger partial charge in [-0.1, -0.05) is 49.3 Å². The molecule has 4 aliphatic carbocycles. The molecule has 2 heteroatoms. The van der Waals surface area contributed by atoms with Crippen LogP contribution in [0.3, 0.4) is 0 Å². The monoisotopic (exact) mass is 456 g/mol. The molecule has 4 saturated carbocycles. The van der Waals surface area contributed by atoms with Gasteiger partial charge in [0.2, 0.25) is 0 Å². The minimum absolute atomic E-state index is 0.253. The van der Waals surface area contributed by atoms with Crippen LogP contribution in [0.5, 0.6) is 0 Å². The van der Waals surface area contributed by atoms with Crippen molar-refractivity contribution in [2.75, 3.05) is 4.43 Å². The van der Waals surface area contributed by atoms with Crippen molar-refractivity contribution in [3.63, 3.8) is 0 Å². The van der Waals surface area contributed by atoms with Crippen molar-refractivity contribution in [1.29, 1.82) is 0 Å². The van der Waals surface area contributed by atoms with Crippen LogP contribution in [-0.2, 0) is 4.74 Å². The van der Waals surface area contributed by atoms with E-state index in [4.69, 9.17) is 4.74 Å². The third-order valence-electron chi connectivity index (χ3n) is 10.3. The van der Waals surface area contributed by atoms with E-state index >= 15 is 0 Å². The zero-order chi connectivity index (χ0) is 17.3. The van der Waals surface area contributed by atoms with Gasteiger partial charge >= 0.3 is 0 Å². The highest BCUT2D eigenvalue weighted by Crippen LogP contribution is 2.70. The van der Waals surface area contributed by atoms with Gasteiger partial charge in [-0.15, -0.1) is 0 Å². The van der Waals surface area contributed by atoms with Gasteiger partial charge in [0.25, 0.3) is 0 Å². The highest BCUT2D eigenvalue weighted by Gasteiger charge is 2.66. The molecule has 142 valence electrons. The Kier molecular flexibility index (Phi) is 4.33. The number of halogens is 1. The van der Waals surface area contributed by atoms with Crippen LogP contribution in [0.4, 0.5) is 0 Å². The van der Waals surface area contributed by atoms with E-state index < -0.39 is 0 Å². The maximum absolute atomic E-state index is 6.84. The molecule has 1 heterocycles. The first-order valence-electron chi connectivity index (χ1n) is 11.3. The molecule has 5 rings (SSSR count). The van der Waals surface area contributed by atoms with E-state index in [9.17, 15) is 0 Å². The average molecular weight is 456 g/mol. The lowest BCUT2D eigenvalue weighted by molar-refractivity contribution is -0.164. The van der Waals surface area contributed by atoms with Crippen molar-refractivity contribution in [3.05, 3.63) is 0 Å². The smallest absolute Gasteiger partial charge is 0.0743 e. The first-order chi connectivity index (χ1) is 12.0. The fourth-order valence-electron chi connectivity index (χ4n) is 8.93. The van der Waals surface area contributed by atoms with Gasteiger partial charge in [-0.3, -0.25) is 0 Å². The summed E-state index contributed by atoms with van der Waals surface area (Å²) in [4.78, 5) is 0. The summed E-state index contributed by atoms with van der Waals surface area (Å²) in [5.74, 6) is 4.05. The van der Waals surface area contributed by atoms with Crippen molar-refractivity contribution in [2.24, 2.45) is 34.5 Å². The standard InChI is InChI=1S/C23H37IO/c1-21-11-4-3-5-16(21)6-7-18-19(21)9-12-22(2)20(18)10-14-23(22)13-8-17(15-24)25-23/h16-20H,3-15H2,1-2H3/t16-,17-,18-,19+,20+,21+,22+,23+/m1/s1. The Morgan fingerprint density at radius 3 is 2.44 bits per heavy atom. The number of fused-ring (bicyclic) bond motifs is 6. The first kappa shape index (κ1) is 17.8. The fraction of sp³-hybridized carbons (Fsp3) is 1.00. The Hall–Kier alpha value is 0.690. The Morgan fingerprint density at radius 2 is 1.64 bits per heavy atom. The largest absolute Gasteiger partial charge is 0.370 e. The van der Waals surface area contributed by atoms with Gasteiger partial charge in [-0.05, 0) is 98.7 Å². The van der Waals surface area contributed by atoms with Crippen LogP contribution in [0.15, 0.2) is 0 Å². The van der Waals surface area contributed by atoms with Crippen LogP contribution in [0.25, 0.3) is 0 Å². The van der Waals surface area contributed by atoms with E-state index in [1.807, 2.05) is 0 Å². The molecule has 0 amide bonds. The van der Waals surface area contributed by atoms with E-state index in [2.05, 4.69) is 36.4 Å². The lowest BCUT2D eigenvalue weighted by Gasteiger charge is -2.61. The molecule has 0 N–H and O–H groups in total. The molecule has 0 aromatic rings. The molecule has 0 aromatic carbocycles. The summed E-state index contributed by atoms with van der Waals surface area (Å²) in [6, 6.07) is 0. The van der Waals surface area contributed by atoms with E-state index in [-0.39, 0.29) is 5.60 Å². The topological polar surface area (TPSA) is 9.23 Å². The van der Waals surface area contributed by atoms with Gasteiger partial charge in [0.05, 0.1) is 11.7 Å². The van der Waals surface area contributed by atoms with E-state index in [1.54, 1.807) is 0 Å². The highest BCUT2D eigenvalue weighted by atomic mass is 127. The van der Waals surface area contributed by atoms with E-state index in [1.165, 1.54) is 81.5 Å². The second kappa shape index (κ2) is 6.09. The lowest BCUT2D eigenvalue weighted by Crippen LogP contribution is -2.56. The van der Waals surface area contributed by atoms with Crippen LogP contribution in [0.1, 0.15) is 90.9 Å². The third-order valence-corrected chi connectivity index (χ3v) is 11.3. The highest BCUT2D eigenvalue weighted by molar-refractivity contribution is 14.1. The molecule has 1 spiro atoms. The van der Waals surface area contributed by atoms with Gasteiger partial charge in [0.1, 0.15) is 0 Å². The second-order valence-corrected chi connectivity index (χ2v) is 11.7. The molecule has 25 heavy (non-hydrogen) atoms. The van der Waals surface area contributed by atoms with Crippen LogP contribution in [0.2, 0.25) is 0 Å². The molecular weight excluding hydrogens is 419 g/mol. The zero-order valence-electron chi connectivity index (χ0n) is 16.4. The van der Waals surface area contributed by atoms with Crippen LogP contribution in [0, 0.1) is 34.5 Å². The summed E-state index contributed by atoms with van der Waals surface area (Å²) in [5.41, 5.74) is 1.41. The van der Waals surface area contributed by atoms with Crippen molar-refractivity contribution in [3.8, 4) is 0 Å². The first-order valence-corrected chi connectivity index (χ1v) is 12.8. The second-order valence-electron chi connectivity index (χ2n) is 10.8. The average Bonchev–Trinajstić information content (AvgIpc) is 3.17. The normalized spacial score (nSPS) is 58.0. The zero-order valence-corrected chi connectivity index (χ0v) is 18.5. The molecule has 0 bridgehead atoms. The Balaban J connectivity index is 1.44. The summed E-state index contributed by atoms with van der Waals surface area (Å²) in [6.07, 6.45) is 18.1. The quantitative estimate of drug-likeness (QED) is 0.313. The number of hydrogen-bond donors (Lipinski definition) is 0. The van der Waals surface area contributed by atoms with Gasteiger partial charge in [0.15, 0.2) is 0 Å². The Bertz CT molecular complexity index is 534. The van der Waals surface area contributed by atoms with E-state index in [0.717, 1.165) is 23.7 Å². The minimum Gasteiger partial charge on any atom is -0.370 e. The molecule has 5 fully saturated rings. The molecule has 0 aromatic heterocycles. The third kappa shape index (κ3) is 2.34. The predicted molar refractivity (Wildman–Crippen MR) is 112 cm³/mol. The summed E-state index contributed by atoms with van der Waals surface area (Å²) in [5, 5.41) is 0. The fourth-order valence-corrected chi connectivity index (χ4v) is 9.55. The van der Waals surface area contributed by atoms with Gasteiger partial charge in [-0.25, -0.2) is 0 Å². The number of rotatable bonds is 1. The Labute approximate surface area is 168 Å². The van der Waals surface area contributed by atoms with Gasteiger partial charge in [0, 0.05) is 4.43 Å². The summed E-state index contributed by atoms with van der Waals surface area (Å²) < 4.78 is 8.02. The van der Waals surface area contributed by atoms with E-state index in [0.29, 0.717) is 16.9 Å². The van der Waals surface area contributed by atoms with Crippen molar-refractivity contribution in [1.82, 2.24) is 0 Å². The summed E-state index contributed by atoms with van der Waals surface area (Å²) >= 11 is 2.54. The maximum atomic E-state index is 6.84. The van der Waals surface area contributed by atoms with Gasteiger partial charge in [-0.2, -0.15) is 0 Å². The van der Waals surface area contributed by atoms with Crippen molar-refractivity contribution in [2.45, 2.75) is 103 Å². The SMILES string of the molecule is C[C@]12CCCC[C@@H]1CC[C@@H]1[C@@H]2CC[C@@]2(C)[C@H]1CC[C@@]21CC[C@H](CI)O1. The van der Waals surface area contributed by atoms with Crippen molar-refractivity contribution < 1.29 is 4.74 Å². The van der Waals surface area contributed by atoms with Crippen LogP contribution >= 0.6 is 22.6 Å². The molecule has 5 aliphatic rings. The molecule has 1 saturated heterocycles.